The summed E-state index contributed by atoms with van der Waals surface area (Å²) in [6.07, 6.45) is 2.70. The number of hydrogen-bond donors (Lipinski definition) is 1. The summed E-state index contributed by atoms with van der Waals surface area (Å²) in [5.41, 5.74) is 2.20. The zero-order chi connectivity index (χ0) is 19.1. The van der Waals surface area contributed by atoms with Gasteiger partial charge in [0.05, 0.1) is 19.4 Å². The van der Waals surface area contributed by atoms with Crippen LogP contribution in [0.4, 0.5) is 0 Å². The van der Waals surface area contributed by atoms with E-state index in [0.717, 1.165) is 17.7 Å². The molecule has 2 aromatic carbocycles. The van der Waals surface area contributed by atoms with E-state index >= 15 is 0 Å². The number of rotatable bonds is 8. The van der Waals surface area contributed by atoms with Gasteiger partial charge in [-0.25, -0.2) is 4.68 Å². The predicted octanol–water partition coefficient (Wildman–Crippen LogP) is 3.60. The molecule has 6 heteroatoms. The zero-order valence-electron chi connectivity index (χ0n) is 15.5. The second-order valence-electron chi connectivity index (χ2n) is 6.00. The number of aromatic nitrogens is 2. The number of nitrogens with zero attached hydrogens (tertiary/aromatic N) is 2. The van der Waals surface area contributed by atoms with Crippen molar-refractivity contribution >= 4 is 5.91 Å². The number of amides is 1. The summed E-state index contributed by atoms with van der Waals surface area (Å²) >= 11 is 0. The molecule has 0 aliphatic heterocycles. The van der Waals surface area contributed by atoms with Gasteiger partial charge in [-0.15, -0.1) is 0 Å². The Balaban J connectivity index is 1.63. The SMILES string of the molecule is CCCOc1ccc(CNC(=O)c2ccn(-c3ccccc3)n2)cc1OC. The number of para-hydroxylation sites is 1. The van der Waals surface area contributed by atoms with Crippen LogP contribution in [0.25, 0.3) is 5.69 Å². The van der Waals surface area contributed by atoms with Crippen molar-refractivity contribution in [3.63, 3.8) is 0 Å². The van der Waals surface area contributed by atoms with E-state index in [4.69, 9.17) is 9.47 Å². The normalized spacial score (nSPS) is 10.4. The van der Waals surface area contributed by atoms with Crippen LogP contribution in [0.15, 0.2) is 60.8 Å². The topological polar surface area (TPSA) is 65.4 Å². The van der Waals surface area contributed by atoms with Crippen molar-refractivity contribution in [3.8, 4) is 17.2 Å². The van der Waals surface area contributed by atoms with Crippen LogP contribution in [0.3, 0.4) is 0 Å². The monoisotopic (exact) mass is 365 g/mol. The summed E-state index contributed by atoms with van der Waals surface area (Å²) < 4.78 is 12.7. The lowest BCUT2D eigenvalue weighted by Gasteiger charge is -2.12. The number of carbonyl (C=O) groups is 1. The van der Waals surface area contributed by atoms with Crippen molar-refractivity contribution < 1.29 is 14.3 Å². The Bertz CT molecular complexity index is 891. The first-order valence-corrected chi connectivity index (χ1v) is 8.90. The number of benzene rings is 2. The molecule has 3 aromatic rings. The van der Waals surface area contributed by atoms with Gasteiger partial charge < -0.3 is 14.8 Å². The minimum Gasteiger partial charge on any atom is -0.493 e. The second-order valence-corrected chi connectivity index (χ2v) is 6.00. The molecule has 0 unspecified atom stereocenters. The summed E-state index contributed by atoms with van der Waals surface area (Å²) in [6.45, 7) is 3.06. The standard InChI is InChI=1S/C21H23N3O3/c1-3-13-27-19-10-9-16(14-20(19)26-2)15-22-21(25)18-11-12-24(23-18)17-7-5-4-6-8-17/h4-12,14H,3,13,15H2,1-2H3,(H,22,25). The van der Waals surface area contributed by atoms with Gasteiger partial charge >= 0.3 is 0 Å². The number of nitrogens with one attached hydrogen (secondary N) is 1. The second kappa shape index (κ2) is 8.89. The number of hydrogen-bond acceptors (Lipinski definition) is 4. The van der Waals surface area contributed by atoms with Gasteiger partial charge in [-0.2, -0.15) is 5.10 Å². The molecule has 1 aromatic heterocycles. The fourth-order valence-electron chi connectivity index (χ4n) is 2.60. The molecule has 0 fully saturated rings. The average Bonchev–Trinajstić information content (AvgIpc) is 3.21. The van der Waals surface area contributed by atoms with Gasteiger partial charge in [-0.05, 0) is 42.3 Å². The number of methoxy groups -OCH3 is 1. The van der Waals surface area contributed by atoms with Crippen molar-refractivity contribution in [1.82, 2.24) is 15.1 Å². The molecular weight excluding hydrogens is 342 g/mol. The molecule has 0 atom stereocenters. The van der Waals surface area contributed by atoms with Crippen molar-refractivity contribution in [2.75, 3.05) is 13.7 Å². The van der Waals surface area contributed by atoms with Crippen molar-refractivity contribution in [2.24, 2.45) is 0 Å². The summed E-state index contributed by atoms with van der Waals surface area (Å²) in [7, 11) is 1.60. The van der Waals surface area contributed by atoms with Crippen LogP contribution >= 0.6 is 0 Å². The highest BCUT2D eigenvalue weighted by Gasteiger charge is 2.11. The molecule has 6 nitrogen and oxygen atoms in total. The molecule has 27 heavy (non-hydrogen) atoms. The Kier molecular flexibility index (Phi) is 6.10. The molecule has 1 amide bonds. The smallest absolute Gasteiger partial charge is 0.272 e. The summed E-state index contributed by atoms with van der Waals surface area (Å²) in [5, 5.41) is 7.22. The van der Waals surface area contributed by atoms with Gasteiger partial charge in [0, 0.05) is 12.7 Å². The minimum absolute atomic E-state index is 0.227. The molecule has 0 aliphatic carbocycles. The van der Waals surface area contributed by atoms with E-state index < -0.39 is 0 Å². The lowest BCUT2D eigenvalue weighted by atomic mass is 10.2. The lowest BCUT2D eigenvalue weighted by Crippen LogP contribution is -2.23. The maximum atomic E-state index is 12.4. The molecule has 0 radical (unpaired) electrons. The van der Waals surface area contributed by atoms with Crippen LogP contribution < -0.4 is 14.8 Å². The largest absolute Gasteiger partial charge is 0.493 e. The van der Waals surface area contributed by atoms with Gasteiger partial charge in [0.15, 0.2) is 17.2 Å². The Morgan fingerprint density at radius 1 is 1.11 bits per heavy atom. The third-order valence-electron chi connectivity index (χ3n) is 3.99. The van der Waals surface area contributed by atoms with E-state index in [1.165, 1.54) is 0 Å². The number of carbonyl (C=O) groups excluding carboxylic acids is 1. The third-order valence-corrected chi connectivity index (χ3v) is 3.99. The van der Waals surface area contributed by atoms with Crippen molar-refractivity contribution in [2.45, 2.75) is 19.9 Å². The zero-order valence-corrected chi connectivity index (χ0v) is 15.5. The van der Waals surface area contributed by atoms with E-state index in [-0.39, 0.29) is 5.91 Å². The van der Waals surface area contributed by atoms with Crippen LogP contribution in [0.2, 0.25) is 0 Å². The van der Waals surface area contributed by atoms with E-state index in [1.54, 1.807) is 24.1 Å². The molecule has 3 rings (SSSR count). The Hall–Kier alpha value is -3.28. The molecule has 140 valence electrons. The number of ether oxygens (including phenoxy) is 2. The maximum absolute atomic E-state index is 12.4. The first-order valence-electron chi connectivity index (χ1n) is 8.90. The Labute approximate surface area is 158 Å². The van der Waals surface area contributed by atoms with E-state index in [0.29, 0.717) is 30.3 Å². The van der Waals surface area contributed by atoms with Crippen LogP contribution in [0.1, 0.15) is 29.4 Å². The van der Waals surface area contributed by atoms with Gasteiger partial charge in [0.25, 0.3) is 5.91 Å². The third kappa shape index (κ3) is 4.67. The summed E-state index contributed by atoms with van der Waals surface area (Å²) in [6, 6.07) is 17.0. The molecule has 0 saturated heterocycles. The molecular formula is C21H23N3O3. The summed E-state index contributed by atoms with van der Waals surface area (Å²) in [4.78, 5) is 12.4. The lowest BCUT2D eigenvalue weighted by molar-refractivity contribution is 0.0945. The fraction of sp³-hybridized carbons (Fsp3) is 0.238. The fourth-order valence-corrected chi connectivity index (χ4v) is 2.60. The Morgan fingerprint density at radius 3 is 2.67 bits per heavy atom. The van der Waals surface area contributed by atoms with Crippen LogP contribution in [0, 0.1) is 0 Å². The minimum atomic E-state index is -0.227. The molecule has 0 saturated carbocycles. The Morgan fingerprint density at radius 2 is 1.93 bits per heavy atom. The highest BCUT2D eigenvalue weighted by molar-refractivity contribution is 5.92. The van der Waals surface area contributed by atoms with E-state index in [2.05, 4.69) is 17.3 Å². The van der Waals surface area contributed by atoms with Crippen LogP contribution in [-0.4, -0.2) is 29.4 Å². The van der Waals surface area contributed by atoms with Gasteiger partial charge in [-0.1, -0.05) is 31.2 Å². The van der Waals surface area contributed by atoms with E-state index in [9.17, 15) is 4.79 Å². The van der Waals surface area contributed by atoms with Crippen LogP contribution in [0.5, 0.6) is 11.5 Å². The van der Waals surface area contributed by atoms with Gasteiger partial charge in [0.2, 0.25) is 0 Å². The maximum Gasteiger partial charge on any atom is 0.272 e. The van der Waals surface area contributed by atoms with E-state index in [1.807, 2.05) is 48.5 Å². The molecule has 1 heterocycles. The average molecular weight is 365 g/mol. The van der Waals surface area contributed by atoms with Crippen molar-refractivity contribution in [3.05, 3.63) is 72.1 Å². The molecule has 1 N–H and O–H groups in total. The van der Waals surface area contributed by atoms with Crippen molar-refractivity contribution in [1.29, 1.82) is 0 Å². The highest BCUT2D eigenvalue weighted by Crippen LogP contribution is 2.28. The first-order chi connectivity index (χ1) is 13.2. The van der Waals surface area contributed by atoms with Gasteiger partial charge in [0.1, 0.15) is 0 Å². The van der Waals surface area contributed by atoms with Gasteiger partial charge in [-0.3, -0.25) is 4.79 Å². The molecule has 0 aliphatic rings. The molecule has 0 bridgehead atoms. The van der Waals surface area contributed by atoms with Crippen LogP contribution in [-0.2, 0) is 6.54 Å². The molecule has 0 spiro atoms. The first kappa shape index (κ1) is 18.5. The quantitative estimate of drug-likeness (QED) is 0.662. The predicted molar refractivity (Wildman–Crippen MR) is 104 cm³/mol. The highest BCUT2D eigenvalue weighted by atomic mass is 16.5. The summed E-state index contributed by atoms with van der Waals surface area (Å²) in [5.74, 6) is 1.13.